The fraction of sp³-hybridized carbons (Fsp3) is 0.625. The highest BCUT2D eigenvalue weighted by Gasteiger charge is 2.29. The summed E-state index contributed by atoms with van der Waals surface area (Å²) < 4.78 is 5.23. The van der Waals surface area contributed by atoms with Crippen molar-refractivity contribution in [3.63, 3.8) is 0 Å². The van der Waals surface area contributed by atoms with Crippen molar-refractivity contribution in [2.24, 2.45) is 0 Å². The van der Waals surface area contributed by atoms with Crippen LogP contribution in [0.1, 0.15) is 39.2 Å². The van der Waals surface area contributed by atoms with Crippen molar-refractivity contribution < 1.29 is 14.3 Å². The second kappa shape index (κ2) is 7.13. The number of thiophene rings is 1. The quantitative estimate of drug-likeness (QED) is 0.926. The standard InChI is InChI=1S/C16H24N2O3S/c1-16(2,3)21-15(20)17-10-13-5-4-7-18(13)14(19)9-12-6-8-22-11-12/h6,8,11,13H,4-5,7,9-10H2,1-3H3,(H,17,20). The van der Waals surface area contributed by atoms with Gasteiger partial charge in [-0.2, -0.15) is 11.3 Å². The number of nitrogens with zero attached hydrogens (tertiary/aromatic N) is 1. The van der Waals surface area contributed by atoms with E-state index >= 15 is 0 Å². The normalized spacial score (nSPS) is 18.3. The second-order valence-corrected chi connectivity index (χ2v) is 7.35. The highest BCUT2D eigenvalue weighted by molar-refractivity contribution is 7.07. The van der Waals surface area contributed by atoms with E-state index in [1.54, 1.807) is 11.3 Å². The Morgan fingerprint density at radius 3 is 2.86 bits per heavy atom. The maximum atomic E-state index is 12.4. The maximum Gasteiger partial charge on any atom is 0.407 e. The molecule has 22 heavy (non-hydrogen) atoms. The van der Waals surface area contributed by atoms with Crippen LogP contribution in [0.15, 0.2) is 16.8 Å². The Morgan fingerprint density at radius 2 is 2.23 bits per heavy atom. The molecule has 1 aromatic heterocycles. The molecule has 1 N–H and O–H groups in total. The Kier molecular flexibility index (Phi) is 5.45. The molecule has 1 aromatic rings. The van der Waals surface area contributed by atoms with Crippen molar-refractivity contribution in [3.05, 3.63) is 22.4 Å². The van der Waals surface area contributed by atoms with Crippen LogP contribution in [0.25, 0.3) is 0 Å². The van der Waals surface area contributed by atoms with Crippen LogP contribution in [-0.2, 0) is 16.0 Å². The van der Waals surface area contributed by atoms with Gasteiger partial charge in [0.15, 0.2) is 0 Å². The Hall–Kier alpha value is -1.56. The molecule has 2 heterocycles. The molecule has 2 rings (SSSR count). The summed E-state index contributed by atoms with van der Waals surface area (Å²) in [5.74, 6) is 0.131. The molecule has 5 nitrogen and oxygen atoms in total. The third kappa shape index (κ3) is 5.02. The number of amides is 2. The number of hydrogen-bond donors (Lipinski definition) is 1. The lowest BCUT2D eigenvalue weighted by Gasteiger charge is -2.26. The molecule has 0 aromatic carbocycles. The molecular formula is C16H24N2O3S. The first-order valence-electron chi connectivity index (χ1n) is 7.62. The lowest BCUT2D eigenvalue weighted by atomic mass is 10.2. The molecule has 0 saturated carbocycles. The molecule has 6 heteroatoms. The van der Waals surface area contributed by atoms with Crippen molar-refractivity contribution in [2.75, 3.05) is 13.1 Å². The van der Waals surface area contributed by atoms with E-state index < -0.39 is 11.7 Å². The molecule has 0 spiro atoms. The van der Waals surface area contributed by atoms with Crippen LogP contribution >= 0.6 is 11.3 Å². The summed E-state index contributed by atoms with van der Waals surface area (Å²) in [6.07, 6.45) is 1.91. The van der Waals surface area contributed by atoms with Gasteiger partial charge in [0.25, 0.3) is 0 Å². The minimum absolute atomic E-state index is 0.0682. The molecule has 0 radical (unpaired) electrons. The Morgan fingerprint density at radius 1 is 1.45 bits per heavy atom. The van der Waals surface area contributed by atoms with Gasteiger partial charge in [-0.25, -0.2) is 4.79 Å². The number of alkyl carbamates (subject to hydrolysis) is 1. The third-order valence-corrected chi connectivity index (χ3v) is 4.25. The van der Waals surface area contributed by atoms with E-state index in [9.17, 15) is 9.59 Å². The largest absolute Gasteiger partial charge is 0.444 e. The summed E-state index contributed by atoms with van der Waals surface area (Å²) >= 11 is 1.60. The van der Waals surface area contributed by atoms with Gasteiger partial charge in [0.1, 0.15) is 5.60 Å². The van der Waals surface area contributed by atoms with Gasteiger partial charge >= 0.3 is 6.09 Å². The zero-order chi connectivity index (χ0) is 16.2. The summed E-state index contributed by atoms with van der Waals surface area (Å²) in [5.41, 5.74) is 0.551. The smallest absolute Gasteiger partial charge is 0.407 e. The van der Waals surface area contributed by atoms with E-state index in [0.717, 1.165) is 24.9 Å². The lowest BCUT2D eigenvalue weighted by molar-refractivity contribution is -0.131. The van der Waals surface area contributed by atoms with Crippen LogP contribution in [-0.4, -0.2) is 41.6 Å². The average Bonchev–Trinajstić information content (AvgIpc) is 3.04. The molecule has 1 aliphatic heterocycles. The van der Waals surface area contributed by atoms with E-state index in [4.69, 9.17) is 4.74 Å². The minimum atomic E-state index is -0.506. The molecule has 2 amide bonds. The van der Waals surface area contributed by atoms with Crippen LogP contribution in [0, 0.1) is 0 Å². The summed E-state index contributed by atoms with van der Waals surface area (Å²) in [4.78, 5) is 26.0. The minimum Gasteiger partial charge on any atom is -0.444 e. The summed E-state index contributed by atoms with van der Waals surface area (Å²) in [6, 6.07) is 2.05. The lowest BCUT2D eigenvalue weighted by Crippen LogP contribution is -2.44. The fourth-order valence-corrected chi connectivity index (χ4v) is 3.23. The zero-order valence-electron chi connectivity index (χ0n) is 13.4. The van der Waals surface area contributed by atoms with Crippen LogP contribution < -0.4 is 5.32 Å². The van der Waals surface area contributed by atoms with E-state index in [0.29, 0.717) is 13.0 Å². The molecule has 1 aliphatic rings. The van der Waals surface area contributed by atoms with Crippen molar-refractivity contribution in [1.29, 1.82) is 0 Å². The molecule has 0 bridgehead atoms. The van der Waals surface area contributed by atoms with E-state index in [1.165, 1.54) is 0 Å². The number of rotatable bonds is 4. The first-order valence-corrected chi connectivity index (χ1v) is 8.57. The number of ether oxygens (including phenoxy) is 1. The van der Waals surface area contributed by atoms with Crippen molar-refractivity contribution in [3.8, 4) is 0 Å². The van der Waals surface area contributed by atoms with Crippen molar-refractivity contribution in [2.45, 2.75) is 51.7 Å². The van der Waals surface area contributed by atoms with Gasteiger partial charge in [0.2, 0.25) is 5.91 Å². The van der Waals surface area contributed by atoms with E-state index in [-0.39, 0.29) is 11.9 Å². The van der Waals surface area contributed by atoms with Crippen molar-refractivity contribution in [1.82, 2.24) is 10.2 Å². The van der Waals surface area contributed by atoms with Gasteiger partial charge in [-0.1, -0.05) is 0 Å². The predicted octanol–water partition coefficient (Wildman–Crippen LogP) is 2.81. The number of likely N-dealkylation sites (tertiary alicyclic amines) is 1. The number of carbonyl (C=O) groups is 2. The topological polar surface area (TPSA) is 58.6 Å². The van der Waals surface area contributed by atoms with Crippen molar-refractivity contribution >= 4 is 23.3 Å². The average molecular weight is 324 g/mol. The highest BCUT2D eigenvalue weighted by atomic mass is 32.1. The number of hydrogen-bond acceptors (Lipinski definition) is 4. The van der Waals surface area contributed by atoms with Crippen LogP contribution in [0.4, 0.5) is 4.79 Å². The molecule has 0 aliphatic carbocycles. The zero-order valence-corrected chi connectivity index (χ0v) is 14.2. The molecule has 1 fully saturated rings. The molecular weight excluding hydrogens is 300 g/mol. The second-order valence-electron chi connectivity index (χ2n) is 6.57. The molecule has 122 valence electrons. The van der Waals surface area contributed by atoms with Crippen LogP contribution in [0.2, 0.25) is 0 Å². The van der Waals surface area contributed by atoms with E-state index in [1.807, 2.05) is 42.5 Å². The predicted molar refractivity (Wildman–Crippen MR) is 87.0 cm³/mol. The SMILES string of the molecule is CC(C)(C)OC(=O)NCC1CCCN1C(=O)Cc1ccsc1. The maximum absolute atomic E-state index is 12.4. The van der Waals surface area contributed by atoms with Gasteiger partial charge in [-0.05, 0) is 56.0 Å². The molecule has 1 unspecified atom stereocenters. The first-order chi connectivity index (χ1) is 10.3. The van der Waals surface area contributed by atoms with Gasteiger partial charge in [0, 0.05) is 19.1 Å². The van der Waals surface area contributed by atoms with Gasteiger partial charge in [-0.15, -0.1) is 0 Å². The summed E-state index contributed by atoms with van der Waals surface area (Å²) in [5, 5.41) is 6.75. The van der Waals surface area contributed by atoms with Crippen LogP contribution in [0.5, 0.6) is 0 Å². The fourth-order valence-electron chi connectivity index (χ4n) is 2.56. The third-order valence-electron chi connectivity index (χ3n) is 3.51. The van der Waals surface area contributed by atoms with Crippen LogP contribution in [0.3, 0.4) is 0 Å². The number of carbonyl (C=O) groups excluding carboxylic acids is 2. The van der Waals surface area contributed by atoms with Gasteiger partial charge in [-0.3, -0.25) is 4.79 Å². The highest BCUT2D eigenvalue weighted by Crippen LogP contribution is 2.19. The Balaban J connectivity index is 1.83. The Labute approximate surface area is 135 Å². The molecule has 1 saturated heterocycles. The van der Waals surface area contributed by atoms with Gasteiger partial charge < -0.3 is 15.0 Å². The summed E-state index contributed by atoms with van der Waals surface area (Å²) in [7, 11) is 0. The Bertz CT molecular complexity index is 508. The number of nitrogens with one attached hydrogen (secondary N) is 1. The monoisotopic (exact) mass is 324 g/mol. The molecule has 1 atom stereocenters. The van der Waals surface area contributed by atoms with Gasteiger partial charge in [0.05, 0.1) is 6.42 Å². The van der Waals surface area contributed by atoms with E-state index in [2.05, 4.69) is 5.32 Å². The first kappa shape index (κ1) is 16.8. The summed E-state index contributed by atoms with van der Waals surface area (Å²) in [6.45, 7) is 6.71.